The molecule has 1 aromatic carbocycles. The highest BCUT2D eigenvalue weighted by atomic mass is 32.1. The maximum absolute atomic E-state index is 11.5. The minimum atomic E-state index is -0.745. The SMILES string of the molecule is CCC(=O)O.O=C(NCc1ccccc1)Nc1n[nH]c(=S)s1. The van der Waals surface area contributed by atoms with E-state index in [0.29, 0.717) is 15.6 Å². The molecule has 1 heterocycles. The summed E-state index contributed by atoms with van der Waals surface area (Å²) in [6.07, 6.45) is 0.222. The number of aromatic nitrogens is 2. The number of hydrogen-bond acceptors (Lipinski definition) is 5. The fourth-order valence-electron chi connectivity index (χ4n) is 1.20. The Labute approximate surface area is 136 Å². The molecule has 0 saturated carbocycles. The fourth-order valence-corrected chi connectivity index (χ4v) is 1.99. The van der Waals surface area contributed by atoms with Crippen LogP contribution in [0, 0.1) is 3.95 Å². The molecule has 0 atom stereocenters. The first kappa shape index (κ1) is 17.8. The first-order chi connectivity index (χ1) is 10.5. The van der Waals surface area contributed by atoms with Gasteiger partial charge in [0.1, 0.15) is 0 Å². The van der Waals surface area contributed by atoms with Crippen molar-refractivity contribution < 1.29 is 14.7 Å². The van der Waals surface area contributed by atoms with Gasteiger partial charge in [-0.25, -0.2) is 4.79 Å². The van der Waals surface area contributed by atoms with Crippen molar-refractivity contribution in [3.8, 4) is 0 Å². The summed E-state index contributed by atoms with van der Waals surface area (Å²) < 4.78 is 0.531. The molecule has 0 bridgehead atoms. The molecule has 0 fully saturated rings. The summed E-state index contributed by atoms with van der Waals surface area (Å²) in [6.45, 7) is 2.07. The second-order valence-electron chi connectivity index (χ2n) is 3.96. The van der Waals surface area contributed by atoms with Crippen LogP contribution < -0.4 is 10.6 Å². The molecule has 0 radical (unpaired) electrons. The molecule has 0 saturated heterocycles. The molecule has 0 unspecified atom stereocenters. The second kappa shape index (κ2) is 9.64. The summed E-state index contributed by atoms with van der Waals surface area (Å²) in [4.78, 5) is 20.9. The van der Waals surface area contributed by atoms with Gasteiger partial charge in [0.25, 0.3) is 0 Å². The molecule has 0 aliphatic carbocycles. The normalized spacial score (nSPS) is 9.32. The van der Waals surface area contributed by atoms with Gasteiger partial charge in [-0.2, -0.15) is 0 Å². The highest BCUT2D eigenvalue weighted by Crippen LogP contribution is 2.10. The number of nitrogens with zero attached hydrogens (tertiary/aromatic N) is 1. The van der Waals surface area contributed by atoms with Crippen molar-refractivity contribution in [3.05, 3.63) is 39.8 Å². The lowest BCUT2D eigenvalue weighted by atomic mass is 10.2. The van der Waals surface area contributed by atoms with Gasteiger partial charge in [0.05, 0.1) is 0 Å². The minimum absolute atomic E-state index is 0.222. The summed E-state index contributed by atoms with van der Waals surface area (Å²) in [5.41, 5.74) is 1.04. The van der Waals surface area contributed by atoms with E-state index in [0.717, 1.165) is 5.56 Å². The molecule has 2 rings (SSSR count). The molecule has 7 nitrogen and oxygen atoms in total. The van der Waals surface area contributed by atoms with E-state index in [2.05, 4.69) is 20.8 Å². The summed E-state index contributed by atoms with van der Waals surface area (Å²) in [6, 6.07) is 9.37. The zero-order chi connectivity index (χ0) is 16.4. The summed E-state index contributed by atoms with van der Waals surface area (Å²) in [5, 5.41) is 19.9. The van der Waals surface area contributed by atoms with Crippen LogP contribution in [0.25, 0.3) is 0 Å². The van der Waals surface area contributed by atoms with E-state index in [1.165, 1.54) is 11.3 Å². The van der Waals surface area contributed by atoms with Gasteiger partial charge in [0, 0.05) is 13.0 Å². The zero-order valence-electron chi connectivity index (χ0n) is 11.8. The number of carbonyl (C=O) groups excluding carboxylic acids is 1. The van der Waals surface area contributed by atoms with Gasteiger partial charge in [-0.15, -0.1) is 5.10 Å². The lowest BCUT2D eigenvalue weighted by Crippen LogP contribution is -2.28. The van der Waals surface area contributed by atoms with Gasteiger partial charge >= 0.3 is 12.0 Å². The van der Waals surface area contributed by atoms with E-state index >= 15 is 0 Å². The van der Waals surface area contributed by atoms with Crippen molar-refractivity contribution in [2.45, 2.75) is 19.9 Å². The topological polar surface area (TPSA) is 107 Å². The Morgan fingerprint density at radius 3 is 2.50 bits per heavy atom. The summed E-state index contributed by atoms with van der Waals surface area (Å²) in [7, 11) is 0. The number of anilines is 1. The molecule has 118 valence electrons. The number of H-pyrrole nitrogens is 1. The standard InChI is InChI=1S/C10H10N4OS2.C3H6O2/c15-8(12-9-13-14-10(16)17-9)11-6-7-4-2-1-3-5-7;1-2-3(4)5/h1-5H,6H2,(H,14,16)(H2,11,12,13,15);2H2,1H3,(H,4,5). The molecule has 2 aromatic rings. The van der Waals surface area contributed by atoms with Crippen LogP contribution in [-0.2, 0) is 11.3 Å². The molecule has 0 aliphatic heterocycles. The Bertz CT molecular complexity index is 655. The smallest absolute Gasteiger partial charge is 0.321 e. The average molecular weight is 340 g/mol. The van der Waals surface area contributed by atoms with Crippen LogP contribution in [0.5, 0.6) is 0 Å². The van der Waals surface area contributed by atoms with E-state index in [1.807, 2.05) is 30.3 Å². The van der Waals surface area contributed by atoms with E-state index in [1.54, 1.807) is 6.92 Å². The molecule has 4 N–H and O–H groups in total. The maximum atomic E-state index is 11.5. The number of carboxylic acid groups (broad SMARTS) is 1. The van der Waals surface area contributed by atoms with E-state index in [4.69, 9.17) is 17.3 Å². The number of aromatic amines is 1. The van der Waals surface area contributed by atoms with Crippen molar-refractivity contribution in [2.75, 3.05) is 5.32 Å². The van der Waals surface area contributed by atoms with E-state index in [9.17, 15) is 9.59 Å². The number of amides is 2. The molecular formula is C13H16N4O3S2. The third-order valence-corrected chi connectivity index (χ3v) is 3.26. The highest BCUT2D eigenvalue weighted by molar-refractivity contribution is 7.73. The number of urea groups is 1. The number of nitrogens with one attached hydrogen (secondary N) is 3. The zero-order valence-corrected chi connectivity index (χ0v) is 13.5. The first-order valence-electron chi connectivity index (χ1n) is 6.37. The lowest BCUT2D eigenvalue weighted by Gasteiger charge is -2.04. The van der Waals surface area contributed by atoms with E-state index < -0.39 is 5.97 Å². The van der Waals surface area contributed by atoms with Crippen LogP contribution in [0.15, 0.2) is 30.3 Å². The molecule has 9 heteroatoms. The number of rotatable bonds is 4. The largest absolute Gasteiger partial charge is 0.481 e. The minimum Gasteiger partial charge on any atom is -0.481 e. The van der Waals surface area contributed by atoms with Crippen LogP contribution >= 0.6 is 23.6 Å². The Morgan fingerprint density at radius 2 is 2.00 bits per heavy atom. The molecule has 2 amide bonds. The monoisotopic (exact) mass is 340 g/mol. The summed E-state index contributed by atoms with van der Waals surface area (Å²) >= 11 is 6.07. The second-order valence-corrected chi connectivity index (χ2v) is 5.62. The van der Waals surface area contributed by atoms with Gasteiger partial charge in [-0.05, 0) is 17.8 Å². The van der Waals surface area contributed by atoms with Crippen LogP contribution in [0.4, 0.5) is 9.93 Å². The van der Waals surface area contributed by atoms with Crippen molar-refractivity contribution in [1.82, 2.24) is 15.5 Å². The van der Waals surface area contributed by atoms with Crippen molar-refractivity contribution in [2.24, 2.45) is 0 Å². The fraction of sp³-hybridized carbons (Fsp3) is 0.231. The predicted octanol–water partition coefficient (Wildman–Crippen LogP) is 3.00. The number of hydrogen-bond donors (Lipinski definition) is 4. The maximum Gasteiger partial charge on any atom is 0.321 e. The average Bonchev–Trinajstić information content (AvgIpc) is 2.92. The van der Waals surface area contributed by atoms with Gasteiger partial charge in [0.2, 0.25) is 5.13 Å². The van der Waals surface area contributed by atoms with Gasteiger partial charge in [-0.1, -0.05) is 48.6 Å². The third kappa shape index (κ3) is 7.50. The number of carbonyl (C=O) groups is 2. The molecular weight excluding hydrogens is 324 g/mol. The Morgan fingerprint density at radius 1 is 1.36 bits per heavy atom. The first-order valence-corrected chi connectivity index (χ1v) is 7.59. The molecule has 22 heavy (non-hydrogen) atoms. The number of aliphatic carboxylic acids is 1. The Kier molecular flexibility index (Phi) is 7.79. The van der Waals surface area contributed by atoms with Crippen LogP contribution in [0.1, 0.15) is 18.9 Å². The van der Waals surface area contributed by atoms with Gasteiger partial charge in [0.15, 0.2) is 3.95 Å². The summed E-state index contributed by atoms with van der Waals surface area (Å²) in [5.74, 6) is -0.745. The van der Waals surface area contributed by atoms with Crippen molar-refractivity contribution in [3.63, 3.8) is 0 Å². The number of carboxylic acids is 1. The third-order valence-electron chi connectivity index (χ3n) is 2.26. The van der Waals surface area contributed by atoms with Crippen molar-refractivity contribution in [1.29, 1.82) is 0 Å². The van der Waals surface area contributed by atoms with Crippen LogP contribution in [0.3, 0.4) is 0 Å². The quantitative estimate of drug-likeness (QED) is 0.640. The Hall–Kier alpha value is -2.26. The van der Waals surface area contributed by atoms with Crippen LogP contribution in [0.2, 0.25) is 0 Å². The van der Waals surface area contributed by atoms with Gasteiger partial charge < -0.3 is 10.4 Å². The lowest BCUT2D eigenvalue weighted by molar-refractivity contribution is -0.136. The molecule has 0 aliphatic rings. The van der Waals surface area contributed by atoms with Crippen LogP contribution in [-0.4, -0.2) is 27.3 Å². The van der Waals surface area contributed by atoms with Gasteiger partial charge in [-0.3, -0.25) is 15.2 Å². The predicted molar refractivity (Wildman–Crippen MR) is 87.5 cm³/mol. The van der Waals surface area contributed by atoms with Crippen molar-refractivity contribution >= 4 is 40.7 Å². The molecule has 0 spiro atoms. The Balaban J connectivity index is 0.000000422. The highest BCUT2D eigenvalue weighted by Gasteiger charge is 2.03. The molecule has 1 aromatic heterocycles. The number of benzene rings is 1. The van der Waals surface area contributed by atoms with E-state index in [-0.39, 0.29) is 12.5 Å².